The van der Waals surface area contributed by atoms with Gasteiger partial charge in [-0.3, -0.25) is 9.59 Å². The number of pyridine rings is 1. The molecular formula is C19H16BrClN2O3. The molecule has 1 aromatic heterocycles. The summed E-state index contributed by atoms with van der Waals surface area (Å²) in [6, 6.07) is 11.9. The van der Waals surface area contributed by atoms with Crippen LogP contribution in [0.15, 0.2) is 47.3 Å². The van der Waals surface area contributed by atoms with E-state index in [-0.39, 0.29) is 16.9 Å². The second-order valence-electron chi connectivity index (χ2n) is 5.87. The van der Waals surface area contributed by atoms with E-state index >= 15 is 0 Å². The lowest BCUT2D eigenvalue weighted by Crippen LogP contribution is -2.24. The third kappa shape index (κ3) is 3.48. The molecule has 0 bridgehead atoms. The van der Waals surface area contributed by atoms with Crippen LogP contribution >= 0.6 is 27.5 Å². The Morgan fingerprint density at radius 2 is 1.92 bits per heavy atom. The van der Waals surface area contributed by atoms with Crippen molar-refractivity contribution in [1.82, 2.24) is 9.88 Å². The lowest BCUT2D eigenvalue weighted by atomic mass is 10.1. The van der Waals surface area contributed by atoms with E-state index in [4.69, 9.17) is 11.6 Å². The molecule has 2 N–H and O–H groups in total. The summed E-state index contributed by atoms with van der Waals surface area (Å²) in [4.78, 5) is 24.7. The van der Waals surface area contributed by atoms with Gasteiger partial charge in [0.1, 0.15) is 5.75 Å². The maximum absolute atomic E-state index is 12.5. The van der Waals surface area contributed by atoms with Crippen molar-refractivity contribution in [3.63, 3.8) is 0 Å². The Labute approximate surface area is 163 Å². The minimum atomic E-state index is -0.395. The number of hydrogen-bond donors (Lipinski definition) is 2. The molecule has 0 saturated heterocycles. The van der Waals surface area contributed by atoms with Gasteiger partial charge in [-0.1, -0.05) is 39.7 Å². The van der Waals surface area contributed by atoms with Crippen molar-refractivity contribution in [3.05, 3.63) is 74.5 Å². The number of alkyl halides is 1. The second kappa shape index (κ2) is 7.51. The van der Waals surface area contributed by atoms with Crippen LogP contribution < -0.4 is 10.9 Å². The van der Waals surface area contributed by atoms with E-state index < -0.39 is 5.91 Å². The summed E-state index contributed by atoms with van der Waals surface area (Å²) in [7, 11) is 1.64. The van der Waals surface area contributed by atoms with Crippen molar-refractivity contribution >= 4 is 44.3 Å². The number of rotatable bonds is 4. The van der Waals surface area contributed by atoms with Crippen LogP contribution in [0.4, 0.5) is 0 Å². The van der Waals surface area contributed by atoms with Gasteiger partial charge in [0.25, 0.3) is 11.5 Å². The molecular weight excluding hydrogens is 420 g/mol. The van der Waals surface area contributed by atoms with E-state index in [9.17, 15) is 14.7 Å². The standard InChI is InChI=1S/C19H16BrClN2O3/c1-23-16-7-6-14(17(24)15(16)8-12(9-20)19(23)26)18(25)22-10-11-2-4-13(21)5-3-11/h2-8,24H,9-10H2,1H3,(H,22,25). The number of aryl methyl sites for hydroxylation is 1. The number of fused-ring (bicyclic) bond motifs is 1. The molecule has 3 rings (SSSR count). The summed E-state index contributed by atoms with van der Waals surface area (Å²) < 4.78 is 1.46. The van der Waals surface area contributed by atoms with Crippen LogP contribution in [0.25, 0.3) is 10.9 Å². The molecule has 3 aromatic rings. The number of benzene rings is 2. The summed E-state index contributed by atoms with van der Waals surface area (Å²) >= 11 is 9.12. The monoisotopic (exact) mass is 434 g/mol. The van der Waals surface area contributed by atoms with Crippen LogP contribution in [0.2, 0.25) is 5.02 Å². The molecule has 0 unspecified atom stereocenters. The number of aromatic nitrogens is 1. The van der Waals surface area contributed by atoms with Crippen molar-refractivity contribution in [2.45, 2.75) is 11.9 Å². The van der Waals surface area contributed by atoms with Crippen molar-refractivity contribution in [2.75, 3.05) is 0 Å². The van der Waals surface area contributed by atoms with Gasteiger partial charge in [-0.05, 0) is 35.9 Å². The minimum absolute atomic E-state index is 0.145. The summed E-state index contributed by atoms with van der Waals surface area (Å²) in [5.74, 6) is -0.539. The maximum atomic E-state index is 12.5. The Bertz CT molecular complexity index is 1050. The first kappa shape index (κ1) is 18.5. The van der Waals surface area contributed by atoms with E-state index in [1.807, 2.05) is 12.1 Å². The minimum Gasteiger partial charge on any atom is -0.506 e. The highest BCUT2D eigenvalue weighted by Crippen LogP contribution is 2.28. The quantitative estimate of drug-likeness (QED) is 0.614. The van der Waals surface area contributed by atoms with E-state index in [0.29, 0.717) is 33.4 Å². The molecule has 0 aliphatic rings. The molecule has 0 radical (unpaired) electrons. The molecule has 1 heterocycles. The van der Waals surface area contributed by atoms with Gasteiger partial charge in [0.05, 0.1) is 11.1 Å². The van der Waals surface area contributed by atoms with Gasteiger partial charge in [0, 0.05) is 34.9 Å². The van der Waals surface area contributed by atoms with Gasteiger partial charge in [0.2, 0.25) is 0 Å². The van der Waals surface area contributed by atoms with E-state index in [2.05, 4.69) is 21.2 Å². The van der Waals surface area contributed by atoms with Crippen LogP contribution in [0.1, 0.15) is 21.5 Å². The Hall–Kier alpha value is -2.31. The molecule has 0 atom stereocenters. The molecule has 2 aromatic carbocycles. The van der Waals surface area contributed by atoms with Gasteiger partial charge in [-0.2, -0.15) is 0 Å². The third-order valence-corrected chi connectivity index (χ3v) is 5.06. The molecule has 0 aliphatic carbocycles. The lowest BCUT2D eigenvalue weighted by molar-refractivity contribution is 0.0948. The predicted molar refractivity (Wildman–Crippen MR) is 106 cm³/mol. The topological polar surface area (TPSA) is 71.3 Å². The zero-order valence-electron chi connectivity index (χ0n) is 13.9. The van der Waals surface area contributed by atoms with Gasteiger partial charge in [0.15, 0.2) is 0 Å². The first-order chi connectivity index (χ1) is 12.4. The normalized spacial score (nSPS) is 10.9. The number of nitrogens with one attached hydrogen (secondary N) is 1. The fraction of sp³-hybridized carbons (Fsp3) is 0.158. The average molecular weight is 436 g/mol. The SMILES string of the molecule is Cn1c(=O)c(CBr)cc2c(O)c(C(=O)NCc3ccc(Cl)cc3)ccc21. The molecule has 0 spiro atoms. The van der Waals surface area contributed by atoms with Crippen LogP contribution in [0, 0.1) is 0 Å². The van der Waals surface area contributed by atoms with Crippen LogP contribution in [-0.2, 0) is 18.9 Å². The number of phenols is 1. The van der Waals surface area contributed by atoms with Crippen molar-refractivity contribution in [2.24, 2.45) is 7.05 Å². The molecule has 134 valence electrons. The molecule has 0 saturated carbocycles. The number of aromatic hydroxyl groups is 1. The Morgan fingerprint density at radius 1 is 1.23 bits per heavy atom. The second-order valence-corrected chi connectivity index (χ2v) is 6.87. The fourth-order valence-corrected chi connectivity index (χ4v) is 3.28. The zero-order chi connectivity index (χ0) is 18.8. The van der Waals surface area contributed by atoms with Gasteiger partial charge in [-0.15, -0.1) is 0 Å². The molecule has 26 heavy (non-hydrogen) atoms. The van der Waals surface area contributed by atoms with Crippen molar-refractivity contribution in [1.29, 1.82) is 0 Å². The smallest absolute Gasteiger partial charge is 0.255 e. The first-order valence-electron chi connectivity index (χ1n) is 7.85. The largest absolute Gasteiger partial charge is 0.506 e. The van der Waals surface area contributed by atoms with E-state index in [1.165, 1.54) is 10.6 Å². The summed E-state index contributed by atoms with van der Waals surface area (Å²) in [5.41, 5.74) is 1.98. The highest BCUT2D eigenvalue weighted by atomic mass is 79.9. The zero-order valence-corrected chi connectivity index (χ0v) is 16.3. The van der Waals surface area contributed by atoms with Crippen molar-refractivity contribution < 1.29 is 9.90 Å². The molecule has 7 heteroatoms. The Kier molecular flexibility index (Phi) is 5.34. The molecule has 0 aliphatic heterocycles. The summed E-state index contributed by atoms with van der Waals surface area (Å²) in [6.45, 7) is 0.313. The number of carbonyl (C=O) groups is 1. The van der Waals surface area contributed by atoms with E-state index in [0.717, 1.165) is 5.56 Å². The number of halogens is 2. The van der Waals surface area contributed by atoms with Crippen molar-refractivity contribution in [3.8, 4) is 5.75 Å². The van der Waals surface area contributed by atoms with Crippen LogP contribution in [0.3, 0.4) is 0 Å². The molecule has 5 nitrogen and oxygen atoms in total. The third-order valence-electron chi connectivity index (χ3n) is 4.21. The van der Waals surface area contributed by atoms with Crippen LogP contribution in [0.5, 0.6) is 5.75 Å². The van der Waals surface area contributed by atoms with Crippen LogP contribution in [-0.4, -0.2) is 15.6 Å². The number of carbonyl (C=O) groups excluding carboxylic acids is 1. The maximum Gasteiger partial charge on any atom is 0.255 e. The number of phenolic OH excluding ortho intramolecular Hbond substituents is 1. The van der Waals surface area contributed by atoms with Gasteiger partial charge < -0.3 is 15.0 Å². The first-order valence-corrected chi connectivity index (χ1v) is 9.35. The molecule has 0 fully saturated rings. The predicted octanol–water partition coefficient (Wildman–Crippen LogP) is 3.72. The van der Waals surface area contributed by atoms with E-state index in [1.54, 1.807) is 31.3 Å². The lowest BCUT2D eigenvalue weighted by Gasteiger charge is -2.12. The number of hydrogen-bond acceptors (Lipinski definition) is 3. The van der Waals surface area contributed by atoms with Gasteiger partial charge >= 0.3 is 0 Å². The number of nitrogens with zero attached hydrogens (tertiary/aromatic N) is 1. The summed E-state index contributed by atoms with van der Waals surface area (Å²) in [5, 5.41) is 14.8. The average Bonchev–Trinajstić information content (AvgIpc) is 2.64. The molecule has 1 amide bonds. The highest BCUT2D eigenvalue weighted by molar-refractivity contribution is 9.08. The highest BCUT2D eigenvalue weighted by Gasteiger charge is 2.16. The van der Waals surface area contributed by atoms with Gasteiger partial charge in [-0.25, -0.2) is 0 Å². The summed E-state index contributed by atoms with van der Waals surface area (Å²) in [6.07, 6.45) is 0. The Balaban J connectivity index is 1.93. The fourth-order valence-electron chi connectivity index (χ4n) is 2.75. The number of amides is 1. The Morgan fingerprint density at radius 3 is 2.58 bits per heavy atom.